The van der Waals surface area contributed by atoms with E-state index in [1.165, 1.54) is 0 Å². The number of hydrogen-bond acceptors (Lipinski definition) is 2. The zero-order valence-electron chi connectivity index (χ0n) is 12.9. The predicted molar refractivity (Wildman–Crippen MR) is 103 cm³/mol. The molecular weight excluding hydrogens is 415 g/mol. The second kappa shape index (κ2) is 7.96. The number of rotatable bonds is 5. The SMILES string of the molecule is O=C(NCCc1ccn(-c2ccccc2)n1)Nc1ccc(I)cc1. The van der Waals surface area contributed by atoms with E-state index in [0.717, 1.165) is 20.6 Å². The number of urea groups is 1. The highest BCUT2D eigenvalue weighted by Crippen LogP contribution is 2.11. The molecular formula is C18H17IN4O. The number of nitrogens with zero attached hydrogens (tertiary/aromatic N) is 2. The number of para-hydroxylation sites is 1. The Bertz CT molecular complexity index is 799. The van der Waals surface area contributed by atoms with Crippen LogP contribution in [0.5, 0.6) is 0 Å². The molecule has 0 radical (unpaired) electrons. The second-order valence-electron chi connectivity index (χ2n) is 5.22. The monoisotopic (exact) mass is 432 g/mol. The van der Waals surface area contributed by atoms with Crippen LogP contribution in [0.25, 0.3) is 5.69 Å². The van der Waals surface area contributed by atoms with Crippen LogP contribution in [0.3, 0.4) is 0 Å². The average molecular weight is 432 g/mol. The normalized spacial score (nSPS) is 10.4. The molecule has 2 amide bonds. The molecule has 5 nitrogen and oxygen atoms in total. The zero-order chi connectivity index (χ0) is 16.8. The van der Waals surface area contributed by atoms with E-state index in [2.05, 4.69) is 38.3 Å². The first-order valence-corrected chi connectivity index (χ1v) is 8.69. The van der Waals surface area contributed by atoms with Crippen LogP contribution >= 0.6 is 22.6 Å². The fourth-order valence-electron chi connectivity index (χ4n) is 2.23. The van der Waals surface area contributed by atoms with Gasteiger partial charge in [-0.2, -0.15) is 5.10 Å². The molecule has 2 N–H and O–H groups in total. The van der Waals surface area contributed by atoms with Gasteiger partial charge in [0.25, 0.3) is 0 Å². The minimum Gasteiger partial charge on any atom is -0.337 e. The number of hydrogen-bond donors (Lipinski definition) is 2. The van der Waals surface area contributed by atoms with Gasteiger partial charge in [0, 0.05) is 28.4 Å². The molecule has 6 heteroatoms. The van der Waals surface area contributed by atoms with Crippen LogP contribution in [0.4, 0.5) is 10.5 Å². The van der Waals surface area contributed by atoms with E-state index in [1.54, 1.807) is 0 Å². The van der Waals surface area contributed by atoms with Gasteiger partial charge in [-0.15, -0.1) is 0 Å². The van der Waals surface area contributed by atoms with Crippen LogP contribution < -0.4 is 10.6 Å². The van der Waals surface area contributed by atoms with Crippen molar-refractivity contribution in [2.75, 3.05) is 11.9 Å². The molecule has 1 heterocycles. The minimum atomic E-state index is -0.210. The first-order chi connectivity index (χ1) is 11.7. The summed E-state index contributed by atoms with van der Waals surface area (Å²) in [5, 5.41) is 10.2. The van der Waals surface area contributed by atoms with Crippen molar-refractivity contribution < 1.29 is 4.79 Å². The summed E-state index contributed by atoms with van der Waals surface area (Å²) < 4.78 is 2.97. The number of carbonyl (C=O) groups is 1. The lowest BCUT2D eigenvalue weighted by Crippen LogP contribution is -2.30. The summed E-state index contributed by atoms with van der Waals surface area (Å²) in [6, 6.07) is 19.4. The van der Waals surface area contributed by atoms with Crippen molar-refractivity contribution >= 4 is 34.3 Å². The van der Waals surface area contributed by atoms with Crippen LogP contribution in [-0.4, -0.2) is 22.4 Å². The molecule has 0 saturated carbocycles. The molecule has 0 atom stereocenters. The van der Waals surface area contributed by atoms with Crippen molar-refractivity contribution in [2.24, 2.45) is 0 Å². The quantitative estimate of drug-likeness (QED) is 0.602. The number of aromatic nitrogens is 2. The van der Waals surface area contributed by atoms with E-state index in [9.17, 15) is 4.79 Å². The highest BCUT2D eigenvalue weighted by atomic mass is 127. The summed E-state index contributed by atoms with van der Waals surface area (Å²) in [6.07, 6.45) is 2.61. The fourth-order valence-corrected chi connectivity index (χ4v) is 2.59. The maximum absolute atomic E-state index is 11.9. The van der Waals surface area contributed by atoms with E-state index < -0.39 is 0 Å². The molecule has 0 aliphatic rings. The van der Waals surface area contributed by atoms with Crippen molar-refractivity contribution in [2.45, 2.75) is 6.42 Å². The third-order valence-electron chi connectivity index (χ3n) is 3.43. The molecule has 0 spiro atoms. The third kappa shape index (κ3) is 4.58. The highest BCUT2D eigenvalue weighted by molar-refractivity contribution is 14.1. The third-order valence-corrected chi connectivity index (χ3v) is 4.15. The van der Waals surface area contributed by atoms with Gasteiger partial charge in [-0.1, -0.05) is 18.2 Å². The van der Waals surface area contributed by atoms with Gasteiger partial charge in [0.15, 0.2) is 0 Å². The summed E-state index contributed by atoms with van der Waals surface area (Å²) in [6.45, 7) is 0.530. The smallest absolute Gasteiger partial charge is 0.319 e. The Labute approximate surface area is 154 Å². The Morgan fingerprint density at radius 1 is 1.04 bits per heavy atom. The summed E-state index contributed by atoms with van der Waals surface area (Å²) in [4.78, 5) is 11.9. The summed E-state index contributed by atoms with van der Waals surface area (Å²) in [5.41, 5.74) is 2.74. The zero-order valence-corrected chi connectivity index (χ0v) is 15.1. The topological polar surface area (TPSA) is 59.0 Å². The van der Waals surface area contributed by atoms with E-state index in [0.29, 0.717) is 13.0 Å². The Morgan fingerprint density at radius 2 is 1.79 bits per heavy atom. The average Bonchev–Trinajstić information content (AvgIpc) is 3.07. The van der Waals surface area contributed by atoms with Gasteiger partial charge in [0.1, 0.15) is 0 Å². The van der Waals surface area contributed by atoms with Crippen LogP contribution in [-0.2, 0) is 6.42 Å². The van der Waals surface area contributed by atoms with Crippen LogP contribution in [0.1, 0.15) is 5.69 Å². The molecule has 0 saturated heterocycles. The first-order valence-electron chi connectivity index (χ1n) is 7.61. The second-order valence-corrected chi connectivity index (χ2v) is 6.47. The predicted octanol–water partition coefficient (Wildman–Crippen LogP) is 3.84. The molecule has 3 rings (SSSR count). The molecule has 122 valence electrons. The van der Waals surface area contributed by atoms with E-state index >= 15 is 0 Å². The van der Waals surface area contributed by atoms with Gasteiger partial charge in [-0.3, -0.25) is 0 Å². The van der Waals surface area contributed by atoms with Gasteiger partial charge in [0.05, 0.1) is 11.4 Å². The van der Waals surface area contributed by atoms with Crippen molar-refractivity contribution in [3.05, 3.63) is 76.1 Å². The molecule has 3 aromatic rings. The number of nitrogens with one attached hydrogen (secondary N) is 2. The molecule has 24 heavy (non-hydrogen) atoms. The Hall–Kier alpha value is -2.35. The molecule has 0 fully saturated rings. The highest BCUT2D eigenvalue weighted by Gasteiger charge is 2.04. The lowest BCUT2D eigenvalue weighted by atomic mass is 10.3. The first kappa shape index (κ1) is 16.5. The molecule has 2 aromatic carbocycles. The van der Waals surface area contributed by atoms with Crippen molar-refractivity contribution in [3.63, 3.8) is 0 Å². The van der Waals surface area contributed by atoms with Gasteiger partial charge in [-0.05, 0) is 65.1 Å². The minimum absolute atomic E-state index is 0.210. The fraction of sp³-hybridized carbons (Fsp3) is 0.111. The standard InChI is InChI=1S/C18H17IN4O/c19-14-6-8-15(9-7-14)21-18(24)20-12-10-16-11-13-23(22-16)17-4-2-1-3-5-17/h1-9,11,13H,10,12H2,(H2,20,21,24). The van der Waals surface area contributed by atoms with Crippen molar-refractivity contribution in [1.82, 2.24) is 15.1 Å². The summed E-state index contributed by atoms with van der Waals surface area (Å²) in [7, 11) is 0. The summed E-state index contributed by atoms with van der Waals surface area (Å²) in [5.74, 6) is 0. The number of amides is 2. The lowest BCUT2D eigenvalue weighted by molar-refractivity contribution is 0.252. The van der Waals surface area contributed by atoms with Crippen LogP contribution in [0.15, 0.2) is 66.9 Å². The van der Waals surface area contributed by atoms with Gasteiger partial charge >= 0.3 is 6.03 Å². The molecule has 1 aromatic heterocycles. The number of carbonyl (C=O) groups excluding carboxylic acids is 1. The van der Waals surface area contributed by atoms with Crippen LogP contribution in [0.2, 0.25) is 0 Å². The van der Waals surface area contributed by atoms with Crippen LogP contribution in [0, 0.1) is 3.57 Å². The molecule has 0 aliphatic carbocycles. The van der Waals surface area contributed by atoms with Gasteiger partial charge in [-0.25, -0.2) is 9.48 Å². The van der Waals surface area contributed by atoms with E-state index in [4.69, 9.17) is 0 Å². The van der Waals surface area contributed by atoms with Crippen molar-refractivity contribution in [1.29, 1.82) is 0 Å². The van der Waals surface area contributed by atoms with E-state index in [1.807, 2.05) is 71.5 Å². The molecule has 0 unspecified atom stereocenters. The number of halogens is 1. The number of benzene rings is 2. The lowest BCUT2D eigenvalue weighted by Gasteiger charge is -2.07. The Balaban J connectivity index is 1.47. The Morgan fingerprint density at radius 3 is 2.54 bits per heavy atom. The van der Waals surface area contributed by atoms with Gasteiger partial charge < -0.3 is 10.6 Å². The molecule has 0 bridgehead atoms. The molecule has 0 aliphatic heterocycles. The maximum atomic E-state index is 11.9. The van der Waals surface area contributed by atoms with Gasteiger partial charge in [0.2, 0.25) is 0 Å². The summed E-state index contributed by atoms with van der Waals surface area (Å²) >= 11 is 2.23. The number of anilines is 1. The largest absolute Gasteiger partial charge is 0.337 e. The van der Waals surface area contributed by atoms with Crippen molar-refractivity contribution in [3.8, 4) is 5.69 Å². The maximum Gasteiger partial charge on any atom is 0.319 e. The Kier molecular flexibility index (Phi) is 5.47. The van der Waals surface area contributed by atoms with E-state index in [-0.39, 0.29) is 6.03 Å².